The van der Waals surface area contributed by atoms with Crippen molar-refractivity contribution in [3.8, 4) is 0 Å². The van der Waals surface area contributed by atoms with Gasteiger partial charge in [-0.1, -0.05) is 43.9 Å². The van der Waals surface area contributed by atoms with Crippen LogP contribution >= 0.6 is 22.6 Å². The van der Waals surface area contributed by atoms with Gasteiger partial charge >= 0.3 is 0 Å². The highest BCUT2D eigenvalue weighted by Crippen LogP contribution is 2.32. The molecule has 0 heterocycles. The lowest BCUT2D eigenvalue weighted by molar-refractivity contribution is 0.156. The molecule has 1 unspecified atom stereocenters. The normalized spacial score (nSPS) is 18.5. The SMILES string of the molecule is Cc1cccc(C(O)CCC2CCCC2)c1I. The highest BCUT2D eigenvalue weighted by Gasteiger charge is 2.18. The van der Waals surface area contributed by atoms with Crippen molar-refractivity contribution in [3.63, 3.8) is 0 Å². The summed E-state index contributed by atoms with van der Waals surface area (Å²) in [4.78, 5) is 0. The Morgan fingerprint density at radius 3 is 2.76 bits per heavy atom. The van der Waals surface area contributed by atoms with Gasteiger partial charge in [0.05, 0.1) is 6.10 Å². The predicted molar refractivity (Wildman–Crippen MR) is 80.0 cm³/mol. The van der Waals surface area contributed by atoms with Gasteiger partial charge in [-0.15, -0.1) is 0 Å². The highest BCUT2D eigenvalue weighted by molar-refractivity contribution is 14.1. The first-order chi connectivity index (χ1) is 8.18. The highest BCUT2D eigenvalue weighted by atomic mass is 127. The number of hydrogen-bond acceptors (Lipinski definition) is 1. The molecule has 0 spiro atoms. The average Bonchev–Trinajstić information content (AvgIpc) is 2.82. The first-order valence-electron chi connectivity index (χ1n) is 6.61. The fourth-order valence-electron chi connectivity index (χ4n) is 2.78. The minimum Gasteiger partial charge on any atom is -0.388 e. The molecule has 1 aromatic carbocycles. The summed E-state index contributed by atoms with van der Waals surface area (Å²) >= 11 is 2.35. The summed E-state index contributed by atoms with van der Waals surface area (Å²) in [6.07, 6.45) is 7.36. The van der Waals surface area contributed by atoms with Crippen LogP contribution in [-0.2, 0) is 0 Å². The van der Waals surface area contributed by atoms with Gasteiger partial charge in [0.1, 0.15) is 0 Å². The molecule has 1 saturated carbocycles. The lowest BCUT2D eigenvalue weighted by Gasteiger charge is -2.16. The van der Waals surface area contributed by atoms with Gasteiger partial charge in [-0.25, -0.2) is 0 Å². The van der Waals surface area contributed by atoms with Crippen molar-refractivity contribution in [1.82, 2.24) is 0 Å². The molecule has 1 aliphatic carbocycles. The van der Waals surface area contributed by atoms with Gasteiger partial charge in [0.2, 0.25) is 0 Å². The van der Waals surface area contributed by atoms with Crippen LogP contribution in [0.15, 0.2) is 18.2 Å². The van der Waals surface area contributed by atoms with E-state index in [1.54, 1.807) is 0 Å². The van der Waals surface area contributed by atoms with E-state index in [2.05, 4.69) is 41.6 Å². The van der Waals surface area contributed by atoms with Crippen LogP contribution < -0.4 is 0 Å². The molecule has 1 aliphatic rings. The standard InChI is InChI=1S/C15H21IO/c1-11-5-4-8-13(15(11)16)14(17)10-9-12-6-2-3-7-12/h4-5,8,12,14,17H,2-3,6-7,9-10H2,1H3. The molecule has 0 radical (unpaired) electrons. The molecule has 1 fully saturated rings. The quantitative estimate of drug-likeness (QED) is 0.792. The molecule has 0 aromatic heterocycles. The Balaban J connectivity index is 1.94. The molecule has 2 heteroatoms. The third kappa shape index (κ3) is 3.44. The molecule has 94 valence electrons. The Kier molecular flexibility index (Phi) is 4.86. The number of halogens is 1. The lowest BCUT2D eigenvalue weighted by atomic mass is 9.96. The molecule has 1 atom stereocenters. The number of aliphatic hydroxyl groups excluding tert-OH is 1. The maximum absolute atomic E-state index is 10.3. The van der Waals surface area contributed by atoms with E-state index in [0.29, 0.717) is 0 Å². The monoisotopic (exact) mass is 344 g/mol. The smallest absolute Gasteiger partial charge is 0.0800 e. The first kappa shape index (κ1) is 13.3. The van der Waals surface area contributed by atoms with E-state index >= 15 is 0 Å². The van der Waals surface area contributed by atoms with Gasteiger partial charge in [0.15, 0.2) is 0 Å². The Hall–Kier alpha value is -0.0900. The van der Waals surface area contributed by atoms with E-state index in [-0.39, 0.29) is 6.10 Å². The third-order valence-corrected chi connectivity index (χ3v) is 5.38. The molecular weight excluding hydrogens is 323 g/mol. The largest absolute Gasteiger partial charge is 0.388 e. The Bertz CT molecular complexity index is 369. The van der Waals surface area contributed by atoms with Crippen LogP contribution in [0.25, 0.3) is 0 Å². The van der Waals surface area contributed by atoms with Gasteiger partial charge in [-0.05, 0) is 59.4 Å². The van der Waals surface area contributed by atoms with Crippen LogP contribution in [0.2, 0.25) is 0 Å². The second-order valence-corrected chi connectivity index (χ2v) is 6.30. The summed E-state index contributed by atoms with van der Waals surface area (Å²) in [5.74, 6) is 0.868. The van der Waals surface area contributed by atoms with Crippen LogP contribution in [0.1, 0.15) is 55.8 Å². The number of rotatable bonds is 4. The van der Waals surface area contributed by atoms with E-state index in [1.165, 1.54) is 41.2 Å². The molecule has 1 nitrogen and oxygen atoms in total. The van der Waals surface area contributed by atoms with Crippen molar-refractivity contribution in [2.75, 3.05) is 0 Å². The zero-order chi connectivity index (χ0) is 12.3. The number of aliphatic hydroxyl groups is 1. The van der Waals surface area contributed by atoms with Gasteiger partial charge < -0.3 is 5.11 Å². The fraction of sp³-hybridized carbons (Fsp3) is 0.600. The topological polar surface area (TPSA) is 20.2 Å². The van der Waals surface area contributed by atoms with Gasteiger partial charge in [-0.3, -0.25) is 0 Å². The van der Waals surface area contributed by atoms with Crippen molar-refractivity contribution in [2.24, 2.45) is 5.92 Å². The van der Waals surface area contributed by atoms with Crippen LogP contribution in [0.3, 0.4) is 0 Å². The third-order valence-electron chi connectivity index (χ3n) is 3.90. The van der Waals surface area contributed by atoms with Gasteiger partial charge in [0, 0.05) is 3.57 Å². The number of hydrogen-bond donors (Lipinski definition) is 1. The zero-order valence-corrected chi connectivity index (χ0v) is 12.6. The molecule has 2 rings (SSSR count). The molecular formula is C15H21IO. The molecule has 0 amide bonds. The Labute approximate surface area is 118 Å². The Morgan fingerprint density at radius 2 is 2.06 bits per heavy atom. The summed E-state index contributed by atoms with van der Waals surface area (Å²) in [5, 5.41) is 10.3. The van der Waals surface area contributed by atoms with Crippen molar-refractivity contribution in [3.05, 3.63) is 32.9 Å². The second-order valence-electron chi connectivity index (χ2n) is 5.22. The van der Waals surface area contributed by atoms with E-state index in [9.17, 15) is 5.11 Å². The van der Waals surface area contributed by atoms with Crippen molar-refractivity contribution < 1.29 is 5.11 Å². The lowest BCUT2D eigenvalue weighted by Crippen LogP contribution is -2.04. The molecule has 0 bridgehead atoms. The Morgan fingerprint density at radius 1 is 1.35 bits per heavy atom. The average molecular weight is 344 g/mol. The molecule has 17 heavy (non-hydrogen) atoms. The maximum Gasteiger partial charge on any atom is 0.0800 e. The number of aryl methyl sites for hydroxylation is 1. The first-order valence-corrected chi connectivity index (χ1v) is 7.69. The van der Waals surface area contributed by atoms with Crippen molar-refractivity contribution in [1.29, 1.82) is 0 Å². The van der Waals surface area contributed by atoms with E-state index in [0.717, 1.165) is 17.9 Å². The summed E-state index contributed by atoms with van der Waals surface area (Å²) in [5.41, 5.74) is 2.38. The van der Waals surface area contributed by atoms with Crippen LogP contribution in [0.4, 0.5) is 0 Å². The molecule has 0 aliphatic heterocycles. The van der Waals surface area contributed by atoms with Crippen LogP contribution in [0, 0.1) is 16.4 Å². The zero-order valence-electron chi connectivity index (χ0n) is 10.5. The predicted octanol–water partition coefficient (Wildman–Crippen LogP) is 4.60. The van der Waals surface area contributed by atoms with Gasteiger partial charge in [0.25, 0.3) is 0 Å². The summed E-state index contributed by atoms with van der Waals surface area (Å²) < 4.78 is 1.23. The minimum atomic E-state index is -0.276. The van der Waals surface area contributed by atoms with Gasteiger partial charge in [-0.2, -0.15) is 0 Å². The molecule has 0 saturated heterocycles. The minimum absolute atomic E-state index is 0.276. The summed E-state index contributed by atoms with van der Waals surface area (Å²) in [7, 11) is 0. The molecule has 1 aromatic rings. The van der Waals surface area contributed by atoms with Crippen LogP contribution in [-0.4, -0.2) is 5.11 Å². The van der Waals surface area contributed by atoms with Crippen LogP contribution in [0.5, 0.6) is 0 Å². The second kappa shape index (κ2) is 6.19. The maximum atomic E-state index is 10.3. The summed E-state index contributed by atoms with van der Waals surface area (Å²) in [6.45, 7) is 2.11. The van der Waals surface area contributed by atoms with E-state index in [4.69, 9.17) is 0 Å². The van der Waals surface area contributed by atoms with Crippen molar-refractivity contribution >= 4 is 22.6 Å². The van der Waals surface area contributed by atoms with E-state index < -0.39 is 0 Å². The molecule has 1 N–H and O–H groups in total. The van der Waals surface area contributed by atoms with Crippen molar-refractivity contribution in [2.45, 2.75) is 51.6 Å². The summed E-state index contributed by atoms with van der Waals surface area (Å²) in [6, 6.07) is 6.22. The van der Waals surface area contributed by atoms with E-state index in [1.807, 2.05) is 6.07 Å². The number of benzene rings is 1. The fourth-order valence-corrected chi connectivity index (χ4v) is 3.49.